The van der Waals surface area contributed by atoms with E-state index in [1.807, 2.05) is 6.92 Å². The van der Waals surface area contributed by atoms with Gasteiger partial charge in [-0.3, -0.25) is 0 Å². The number of rotatable bonds is 5. The van der Waals surface area contributed by atoms with Gasteiger partial charge in [-0.15, -0.1) is 0 Å². The normalized spacial score (nSPS) is 12.1. The fraction of sp³-hybridized carbons (Fsp3) is 0.200. The Balaban J connectivity index is 2.08. The molecule has 0 spiro atoms. The van der Waals surface area contributed by atoms with Gasteiger partial charge >= 0.3 is 5.63 Å². The van der Waals surface area contributed by atoms with Crippen molar-refractivity contribution in [3.63, 3.8) is 0 Å². The highest BCUT2D eigenvalue weighted by Crippen LogP contribution is 2.31. The first kappa shape index (κ1) is 16.8. The van der Waals surface area contributed by atoms with Crippen LogP contribution in [0.15, 0.2) is 57.7 Å². The molecule has 0 bridgehead atoms. The van der Waals surface area contributed by atoms with E-state index in [4.69, 9.17) is 9.15 Å². The van der Waals surface area contributed by atoms with Gasteiger partial charge in [0, 0.05) is 17.0 Å². The summed E-state index contributed by atoms with van der Waals surface area (Å²) in [4.78, 5) is 23.3. The molecule has 3 aromatic rings. The quantitative estimate of drug-likeness (QED) is 0.669. The van der Waals surface area contributed by atoms with Crippen LogP contribution in [0.5, 0.6) is 5.75 Å². The first-order valence-electron chi connectivity index (χ1n) is 8.00. The van der Waals surface area contributed by atoms with Gasteiger partial charge in [-0.05, 0) is 36.6 Å². The van der Waals surface area contributed by atoms with Crippen LogP contribution in [0.1, 0.15) is 29.7 Å². The van der Waals surface area contributed by atoms with Crippen molar-refractivity contribution in [2.45, 2.75) is 26.4 Å². The van der Waals surface area contributed by atoms with E-state index >= 15 is 0 Å². The first-order chi connectivity index (χ1) is 12.0. The molecule has 25 heavy (non-hydrogen) atoms. The Morgan fingerprint density at radius 3 is 2.56 bits per heavy atom. The Morgan fingerprint density at radius 2 is 1.92 bits per heavy atom. The van der Waals surface area contributed by atoms with E-state index in [1.54, 1.807) is 49.4 Å². The lowest BCUT2D eigenvalue weighted by Gasteiger charge is -2.22. The molecule has 0 fully saturated rings. The van der Waals surface area contributed by atoms with Crippen LogP contribution in [0, 0.1) is 6.92 Å². The second-order valence-electron chi connectivity index (χ2n) is 5.74. The molecule has 5 nitrogen and oxygen atoms in total. The molecular formula is C20H17O5-. The van der Waals surface area contributed by atoms with Gasteiger partial charge in [0.2, 0.25) is 0 Å². The van der Waals surface area contributed by atoms with Gasteiger partial charge in [0.25, 0.3) is 0 Å². The van der Waals surface area contributed by atoms with Gasteiger partial charge in [0.15, 0.2) is 6.10 Å². The van der Waals surface area contributed by atoms with Crippen LogP contribution in [0.2, 0.25) is 0 Å². The molecule has 5 heteroatoms. The summed E-state index contributed by atoms with van der Waals surface area (Å²) < 4.78 is 11.0. The van der Waals surface area contributed by atoms with Crippen molar-refractivity contribution in [1.82, 2.24) is 0 Å². The third kappa shape index (κ3) is 3.26. The third-order valence-corrected chi connectivity index (χ3v) is 4.14. The van der Waals surface area contributed by atoms with Crippen molar-refractivity contribution in [3.05, 3.63) is 75.6 Å². The summed E-state index contributed by atoms with van der Waals surface area (Å²) in [5, 5.41) is 12.3. The van der Waals surface area contributed by atoms with E-state index in [0.29, 0.717) is 28.9 Å². The summed E-state index contributed by atoms with van der Waals surface area (Å²) in [6.07, 6.45) is -0.564. The molecule has 0 radical (unpaired) electrons. The number of aliphatic carboxylic acids is 1. The Labute approximate surface area is 144 Å². The number of benzene rings is 2. The largest absolute Gasteiger partial charge is 0.546 e. The molecule has 0 amide bonds. The fourth-order valence-electron chi connectivity index (χ4n) is 2.84. The molecule has 128 valence electrons. The SMILES string of the molecule is CCc1cc(=O)oc2c(C)c(O[C@@H](C(=O)[O-])c3ccccc3)ccc12. The molecule has 1 aromatic heterocycles. The smallest absolute Gasteiger partial charge is 0.336 e. The zero-order valence-corrected chi connectivity index (χ0v) is 13.9. The van der Waals surface area contributed by atoms with Crippen LogP contribution in [0.25, 0.3) is 11.0 Å². The number of carbonyl (C=O) groups excluding carboxylic acids is 1. The van der Waals surface area contributed by atoms with Gasteiger partial charge in [0.1, 0.15) is 11.3 Å². The minimum atomic E-state index is -1.34. The molecule has 0 N–H and O–H groups in total. The number of carbonyl (C=O) groups is 1. The molecule has 0 saturated carbocycles. The Bertz CT molecular complexity index is 973. The van der Waals surface area contributed by atoms with E-state index < -0.39 is 17.7 Å². The monoisotopic (exact) mass is 337 g/mol. The van der Waals surface area contributed by atoms with E-state index in [2.05, 4.69) is 0 Å². The topological polar surface area (TPSA) is 79.6 Å². The standard InChI is InChI=1S/C20H18O5/c1-3-13-11-17(21)25-18-12(2)16(10-9-15(13)18)24-19(20(22)23)14-7-5-4-6-8-14/h4-11,19H,3H2,1-2H3,(H,22,23)/p-1/t19-/m1/s1. The Hall–Kier alpha value is -3.08. The third-order valence-electron chi connectivity index (χ3n) is 4.14. The summed E-state index contributed by atoms with van der Waals surface area (Å²) in [6.45, 7) is 3.69. The molecule has 3 rings (SSSR count). The number of hydrogen-bond donors (Lipinski definition) is 0. The average molecular weight is 337 g/mol. The van der Waals surface area contributed by atoms with Crippen molar-refractivity contribution in [2.75, 3.05) is 0 Å². The summed E-state index contributed by atoms with van der Waals surface area (Å²) in [6, 6.07) is 13.5. The van der Waals surface area contributed by atoms with Crippen LogP contribution < -0.4 is 15.5 Å². The lowest BCUT2D eigenvalue weighted by Crippen LogP contribution is -2.33. The van der Waals surface area contributed by atoms with Gasteiger partial charge in [-0.25, -0.2) is 4.79 Å². The number of fused-ring (bicyclic) bond motifs is 1. The van der Waals surface area contributed by atoms with Gasteiger partial charge in [-0.1, -0.05) is 37.3 Å². The van der Waals surface area contributed by atoms with Crippen LogP contribution in [0.3, 0.4) is 0 Å². The summed E-state index contributed by atoms with van der Waals surface area (Å²) in [5.74, 6) is -1.00. The second-order valence-corrected chi connectivity index (χ2v) is 5.74. The maximum absolute atomic E-state index is 11.8. The number of carboxylic acids is 1. The Kier molecular flexibility index (Phi) is 4.57. The van der Waals surface area contributed by atoms with E-state index in [1.165, 1.54) is 6.07 Å². The highest BCUT2D eigenvalue weighted by molar-refractivity contribution is 5.85. The van der Waals surface area contributed by atoms with Crippen molar-refractivity contribution < 1.29 is 19.1 Å². The number of ether oxygens (including phenoxy) is 1. The van der Waals surface area contributed by atoms with Crippen LogP contribution in [-0.2, 0) is 11.2 Å². The predicted molar refractivity (Wildman–Crippen MR) is 91.4 cm³/mol. The van der Waals surface area contributed by atoms with Crippen LogP contribution in [0.4, 0.5) is 0 Å². The number of carboxylic acid groups (broad SMARTS) is 1. The van der Waals surface area contributed by atoms with E-state index in [0.717, 1.165) is 10.9 Å². The minimum absolute atomic E-state index is 0.335. The van der Waals surface area contributed by atoms with Crippen molar-refractivity contribution >= 4 is 16.9 Å². The maximum Gasteiger partial charge on any atom is 0.336 e. The molecule has 2 aromatic carbocycles. The molecule has 0 aliphatic carbocycles. The van der Waals surface area contributed by atoms with Crippen molar-refractivity contribution in [3.8, 4) is 5.75 Å². The molecule has 0 saturated heterocycles. The second kappa shape index (κ2) is 6.81. The van der Waals surface area contributed by atoms with Crippen LogP contribution in [-0.4, -0.2) is 5.97 Å². The molecule has 1 heterocycles. The van der Waals surface area contributed by atoms with Gasteiger partial charge in [0.05, 0.1) is 5.97 Å². The lowest BCUT2D eigenvalue weighted by atomic mass is 10.0. The zero-order valence-electron chi connectivity index (χ0n) is 13.9. The lowest BCUT2D eigenvalue weighted by molar-refractivity contribution is -0.314. The molecule has 0 aliphatic heterocycles. The van der Waals surface area contributed by atoms with Crippen molar-refractivity contribution in [2.24, 2.45) is 0 Å². The van der Waals surface area contributed by atoms with E-state index in [-0.39, 0.29) is 0 Å². The highest BCUT2D eigenvalue weighted by atomic mass is 16.5. The molecule has 0 unspecified atom stereocenters. The number of hydrogen-bond acceptors (Lipinski definition) is 5. The number of aryl methyl sites for hydroxylation is 2. The fourth-order valence-corrected chi connectivity index (χ4v) is 2.84. The predicted octanol–water partition coefficient (Wildman–Crippen LogP) is 2.53. The van der Waals surface area contributed by atoms with Crippen LogP contribution >= 0.6 is 0 Å². The van der Waals surface area contributed by atoms with Crippen molar-refractivity contribution in [1.29, 1.82) is 0 Å². The summed E-state index contributed by atoms with van der Waals surface area (Å²) in [5.41, 5.74) is 1.90. The minimum Gasteiger partial charge on any atom is -0.546 e. The van der Waals surface area contributed by atoms with Gasteiger partial charge < -0.3 is 19.1 Å². The Morgan fingerprint density at radius 1 is 1.20 bits per heavy atom. The van der Waals surface area contributed by atoms with Gasteiger partial charge in [-0.2, -0.15) is 0 Å². The molecule has 0 aliphatic rings. The average Bonchev–Trinajstić information content (AvgIpc) is 2.61. The summed E-state index contributed by atoms with van der Waals surface area (Å²) >= 11 is 0. The zero-order chi connectivity index (χ0) is 18.0. The maximum atomic E-state index is 11.8. The highest BCUT2D eigenvalue weighted by Gasteiger charge is 2.18. The first-order valence-corrected chi connectivity index (χ1v) is 8.00. The molecule has 1 atom stereocenters. The molecular weight excluding hydrogens is 320 g/mol. The van der Waals surface area contributed by atoms with E-state index in [9.17, 15) is 14.7 Å². The summed E-state index contributed by atoms with van der Waals surface area (Å²) in [7, 11) is 0.